The van der Waals surface area contributed by atoms with Crippen LogP contribution in [0.25, 0.3) is 0 Å². The van der Waals surface area contributed by atoms with Gasteiger partial charge in [0.05, 0.1) is 12.6 Å². The van der Waals surface area contributed by atoms with E-state index in [-0.39, 0.29) is 11.9 Å². The molecule has 1 saturated carbocycles. The molecule has 0 aliphatic heterocycles. The molecule has 3 rings (SSSR count). The summed E-state index contributed by atoms with van der Waals surface area (Å²) in [5.74, 6) is 0.691. The molecule has 1 aromatic heterocycles. The SMILES string of the molecule is C[C@H]1CCCC[C@@H]1NC(=O)CN[C@@H](c1ccccc1)c1cccs1. The minimum absolute atomic E-state index is 0.0701. The molecule has 3 nitrogen and oxygen atoms in total. The van der Waals surface area contributed by atoms with Crippen molar-refractivity contribution in [3.63, 3.8) is 0 Å². The van der Waals surface area contributed by atoms with E-state index in [4.69, 9.17) is 0 Å². The smallest absolute Gasteiger partial charge is 0.234 e. The van der Waals surface area contributed by atoms with Gasteiger partial charge in [-0.2, -0.15) is 0 Å². The third kappa shape index (κ3) is 4.46. The molecule has 0 unspecified atom stereocenters. The van der Waals surface area contributed by atoms with Crippen molar-refractivity contribution in [1.29, 1.82) is 0 Å². The summed E-state index contributed by atoms with van der Waals surface area (Å²) in [6, 6.07) is 14.9. The molecule has 2 N–H and O–H groups in total. The van der Waals surface area contributed by atoms with Gasteiger partial charge in [-0.15, -0.1) is 11.3 Å². The van der Waals surface area contributed by atoms with Crippen LogP contribution in [-0.4, -0.2) is 18.5 Å². The van der Waals surface area contributed by atoms with Gasteiger partial charge in [0, 0.05) is 10.9 Å². The van der Waals surface area contributed by atoms with Gasteiger partial charge in [0.2, 0.25) is 5.91 Å². The van der Waals surface area contributed by atoms with Gasteiger partial charge in [0.25, 0.3) is 0 Å². The fraction of sp³-hybridized carbons (Fsp3) is 0.450. The van der Waals surface area contributed by atoms with Gasteiger partial charge in [0.1, 0.15) is 0 Å². The number of hydrogen-bond acceptors (Lipinski definition) is 3. The highest BCUT2D eigenvalue weighted by Gasteiger charge is 2.23. The quantitative estimate of drug-likeness (QED) is 0.829. The monoisotopic (exact) mass is 342 g/mol. The fourth-order valence-corrected chi connectivity index (χ4v) is 4.29. The number of thiophene rings is 1. The first-order valence-corrected chi connectivity index (χ1v) is 9.73. The second-order valence-electron chi connectivity index (χ2n) is 6.68. The van der Waals surface area contributed by atoms with Crippen molar-refractivity contribution < 1.29 is 4.79 Å². The zero-order valence-electron chi connectivity index (χ0n) is 14.2. The molecule has 1 heterocycles. The van der Waals surface area contributed by atoms with Gasteiger partial charge in [-0.1, -0.05) is 56.2 Å². The molecule has 1 amide bonds. The zero-order chi connectivity index (χ0) is 16.8. The minimum atomic E-state index is 0.0701. The Labute approximate surface area is 148 Å². The van der Waals surface area contributed by atoms with Crippen molar-refractivity contribution >= 4 is 17.2 Å². The number of carbonyl (C=O) groups is 1. The lowest BCUT2D eigenvalue weighted by Gasteiger charge is -2.29. The molecule has 4 heteroatoms. The molecule has 1 aliphatic carbocycles. The van der Waals surface area contributed by atoms with Crippen molar-refractivity contribution in [2.45, 2.75) is 44.7 Å². The number of hydrogen-bond donors (Lipinski definition) is 2. The highest BCUT2D eigenvalue weighted by Crippen LogP contribution is 2.26. The van der Waals surface area contributed by atoms with Gasteiger partial charge in [-0.25, -0.2) is 0 Å². The molecule has 1 aliphatic rings. The molecule has 0 bridgehead atoms. The van der Waals surface area contributed by atoms with Crippen molar-refractivity contribution in [2.75, 3.05) is 6.54 Å². The first-order chi connectivity index (χ1) is 11.7. The van der Waals surface area contributed by atoms with Crippen molar-refractivity contribution in [3.05, 3.63) is 58.3 Å². The molecule has 24 heavy (non-hydrogen) atoms. The maximum absolute atomic E-state index is 12.4. The summed E-state index contributed by atoms with van der Waals surface area (Å²) in [6.07, 6.45) is 4.85. The van der Waals surface area contributed by atoms with E-state index in [1.165, 1.54) is 29.7 Å². The molecule has 3 atom stereocenters. The number of amides is 1. The average Bonchev–Trinajstić information content (AvgIpc) is 3.12. The molecular weight excluding hydrogens is 316 g/mol. The van der Waals surface area contributed by atoms with E-state index < -0.39 is 0 Å². The maximum atomic E-state index is 12.4. The van der Waals surface area contributed by atoms with Crippen LogP contribution >= 0.6 is 11.3 Å². The Morgan fingerprint density at radius 1 is 1.17 bits per heavy atom. The summed E-state index contributed by atoms with van der Waals surface area (Å²) in [6.45, 7) is 2.59. The van der Waals surface area contributed by atoms with Crippen LogP contribution in [0.2, 0.25) is 0 Å². The average molecular weight is 343 g/mol. The van der Waals surface area contributed by atoms with Crippen LogP contribution in [0.3, 0.4) is 0 Å². The van der Waals surface area contributed by atoms with Crippen LogP contribution in [0, 0.1) is 5.92 Å². The molecule has 1 aromatic carbocycles. The third-order valence-electron chi connectivity index (χ3n) is 4.89. The Kier molecular flexibility index (Phi) is 6.05. The summed E-state index contributed by atoms with van der Waals surface area (Å²) in [5, 5.41) is 8.74. The zero-order valence-corrected chi connectivity index (χ0v) is 15.0. The Hall–Kier alpha value is -1.65. The third-order valence-corrected chi connectivity index (χ3v) is 5.82. The van der Waals surface area contributed by atoms with Gasteiger partial charge in [-0.3, -0.25) is 10.1 Å². The van der Waals surface area contributed by atoms with Crippen LogP contribution < -0.4 is 10.6 Å². The second-order valence-corrected chi connectivity index (χ2v) is 7.66. The van der Waals surface area contributed by atoms with Gasteiger partial charge in [0.15, 0.2) is 0 Å². The summed E-state index contributed by atoms with van der Waals surface area (Å²) < 4.78 is 0. The highest BCUT2D eigenvalue weighted by atomic mass is 32.1. The van der Waals surface area contributed by atoms with Gasteiger partial charge >= 0.3 is 0 Å². The first-order valence-electron chi connectivity index (χ1n) is 8.85. The summed E-state index contributed by atoms with van der Waals surface area (Å²) >= 11 is 1.72. The minimum Gasteiger partial charge on any atom is -0.352 e. The summed E-state index contributed by atoms with van der Waals surface area (Å²) in [4.78, 5) is 13.6. The van der Waals surface area contributed by atoms with E-state index in [9.17, 15) is 4.79 Å². The Balaban J connectivity index is 1.60. The Morgan fingerprint density at radius 2 is 1.96 bits per heavy atom. The van der Waals surface area contributed by atoms with Crippen LogP contribution in [0.15, 0.2) is 47.8 Å². The van der Waals surface area contributed by atoms with Crippen LogP contribution in [0.5, 0.6) is 0 Å². The van der Waals surface area contributed by atoms with Crippen LogP contribution in [-0.2, 0) is 4.79 Å². The molecule has 1 fully saturated rings. The Morgan fingerprint density at radius 3 is 2.67 bits per heavy atom. The van der Waals surface area contributed by atoms with E-state index in [1.807, 2.05) is 18.2 Å². The van der Waals surface area contributed by atoms with E-state index in [0.717, 1.165) is 6.42 Å². The molecule has 0 radical (unpaired) electrons. The van der Waals surface area contributed by atoms with Crippen molar-refractivity contribution in [1.82, 2.24) is 10.6 Å². The Bertz CT molecular complexity index is 626. The van der Waals surface area contributed by atoms with Crippen LogP contribution in [0.4, 0.5) is 0 Å². The molecule has 0 saturated heterocycles. The van der Waals surface area contributed by atoms with E-state index in [2.05, 4.69) is 47.2 Å². The van der Waals surface area contributed by atoms with Gasteiger partial charge in [-0.05, 0) is 35.8 Å². The topological polar surface area (TPSA) is 41.1 Å². The highest BCUT2D eigenvalue weighted by molar-refractivity contribution is 7.10. The molecule has 2 aromatic rings. The molecular formula is C20H26N2OS. The number of rotatable bonds is 6. The summed E-state index contributed by atoms with van der Waals surface area (Å²) in [7, 11) is 0. The molecule has 128 valence electrons. The standard InChI is InChI=1S/C20H26N2OS/c1-15-8-5-6-11-17(15)22-19(23)14-21-20(18-12-7-13-24-18)16-9-3-2-4-10-16/h2-4,7,9-10,12-13,15,17,20-21H,5-6,8,11,14H2,1H3,(H,22,23)/t15-,17-,20-/m0/s1. The lowest BCUT2D eigenvalue weighted by atomic mass is 9.86. The van der Waals surface area contributed by atoms with Crippen molar-refractivity contribution in [2.24, 2.45) is 5.92 Å². The predicted octanol–water partition coefficient (Wildman–Crippen LogP) is 4.12. The number of benzene rings is 1. The largest absolute Gasteiger partial charge is 0.352 e. The normalized spacial score (nSPS) is 22.0. The number of carbonyl (C=O) groups excluding carboxylic acids is 1. The second kappa shape index (κ2) is 8.45. The van der Waals surface area contributed by atoms with Crippen LogP contribution in [0.1, 0.15) is 49.1 Å². The predicted molar refractivity (Wildman–Crippen MR) is 100 cm³/mol. The fourth-order valence-electron chi connectivity index (χ4n) is 3.47. The maximum Gasteiger partial charge on any atom is 0.234 e. The van der Waals surface area contributed by atoms with Crippen molar-refractivity contribution in [3.8, 4) is 0 Å². The molecule has 0 spiro atoms. The lowest BCUT2D eigenvalue weighted by Crippen LogP contribution is -2.45. The first kappa shape index (κ1) is 17.2. The van der Waals surface area contributed by atoms with E-state index in [0.29, 0.717) is 18.5 Å². The van der Waals surface area contributed by atoms with E-state index >= 15 is 0 Å². The lowest BCUT2D eigenvalue weighted by molar-refractivity contribution is -0.121. The van der Waals surface area contributed by atoms with E-state index in [1.54, 1.807) is 11.3 Å². The number of nitrogens with one attached hydrogen (secondary N) is 2. The summed E-state index contributed by atoms with van der Waals surface area (Å²) in [5.41, 5.74) is 1.19. The van der Waals surface area contributed by atoms with Gasteiger partial charge < -0.3 is 5.32 Å².